The Balaban J connectivity index is 2.67. The molecule has 70 valence electrons. The largest absolute Gasteiger partial charge is 0.368 e. The summed E-state index contributed by atoms with van der Waals surface area (Å²) < 4.78 is 0. The minimum Gasteiger partial charge on any atom is -0.368 e. The van der Waals surface area contributed by atoms with Gasteiger partial charge >= 0.3 is 0 Å². The van der Waals surface area contributed by atoms with Gasteiger partial charge in [-0.25, -0.2) is 0 Å². The number of carbonyl (C=O) groups is 1. The van der Waals surface area contributed by atoms with Gasteiger partial charge in [-0.15, -0.1) is 4.99 Å². The normalized spacial score (nSPS) is 22.0. The van der Waals surface area contributed by atoms with Gasteiger partial charge in [-0.1, -0.05) is 11.8 Å². The number of rotatable bonds is 1. The summed E-state index contributed by atoms with van der Waals surface area (Å²) in [7, 11) is 0. The Bertz CT molecular complexity index is 283. The van der Waals surface area contributed by atoms with Crippen molar-refractivity contribution in [2.45, 2.75) is 12.5 Å². The van der Waals surface area contributed by atoms with Crippen molar-refractivity contribution in [3.63, 3.8) is 0 Å². The first-order chi connectivity index (χ1) is 6.20. The zero-order valence-electron chi connectivity index (χ0n) is 7.23. The van der Waals surface area contributed by atoms with Gasteiger partial charge in [0.2, 0.25) is 12.1 Å². The molecule has 0 aliphatic carbocycles. The molecule has 1 heterocycles. The first-order valence-corrected chi connectivity index (χ1v) is 5.00. The maximum absolute atomic E-state index is 10.9. The number of nitriles is 1. The summed E-state index contributed by atoms with van der Waals surface area (Å²) in [5.74, 6) is -0.356. The highest BCUT2D eigenvalue weighted by Crippen LogP contribution is 2.21. The van der Waals surface area contributed by atoms with E-state index in [-0.39, 0.29) is 11.9 Å². The number of amides is 1. The van der Waals surface area contributed by atoms with Crippen LogP contribution in [0.1, 0.15) is 6.42 Å². The molecule has 6 heteroatoms. The molecule has 13 heavy (non-hydrogen) atoms. The van der Waals surface area contributed by atoms with Crippen LogP contribution in [0.25, 0.3) is 0 Å². The fourth-order valence-corrected chi connectivity index (χ4v) is 1.77. The Morgan fingerprint density at radius 1 is 1.85 bits per heavy atom. The molecule has 1 aliphatic rings. The molecule has 0 saturated carbocycles. The molecule has 1 unspecified atom stereocenters. The molecule has 1 atom stereocenters. The lowest BCUT2D eigenvalue weighted by atomic mass is 10.0. The van der Waals surface area contributed by atoms with Crippen LogP contribution in [-0.2, 0) is 4.79 Å². The van der Waals surface area contributed by atoms with Gasteiger partial charge in [0.1, 0.15) is 6.04 Å². The molecule has 0 aromatic heterocycles. The number of thioether (sulfide) groups is 1. The summed E-state index contributed by atoms with van der Waals surface area (Å²) in [6.45, 7) is 0.745. The van der Waals surface area contributed by atoms with Gasteiger partial charge in [0.05, 0.1) is 0 Å². The van der Waals surface area contributed by atoms with E-state index in [0.29, 0.717) is 5.17 Å². The van der Waals surface area contributed by atoms with Crippen LogP contribution in [0.3, 0.4) is 0 Å². The first-order valence-electron chi connectivity index (χ1n) is 3.77. The Hall–Kier alpha value is -1.22. The van der Waals surface area contributed by atoms with Crippen molar-refractivity contribution < 1.29 is 4.79 Å². The molecule has 1 rings (SSSR count). The predicted molar refractivity (Wildman–Crippen MR) is 50.9 cm³/mol. The van der Waals surface area contributed by atoms with E-state index in [1.807, 2.05) is 6.26 Å². The highest BCUT2D eigenvalue weighted by atomic mass is 32.2. The lowest BCUT2D eigenvalue weighted by molar-refractivity contribution is -0.124. The number of hydrogen-bond donors (Lipinski definition) is 1. The SMILES string of the molecule is CSC(=NC#N)N1CCC1C(N)=O. The van der Waals surface area contributed by atoms with E-state index in [1.165, 1.54) is 11.8 Å². The van der Waals surface area contributed by atoms with E-state index in [4.69, 9.17) is 11.0 Å². The fraction of sp³-hybridized carbons (Fsp3) is 0.571. The highest BCUT2D eigenvalue weighted by molar-refractivity contribution is 8.13. The molecular weight excluding hydrogens is 188 g/mol. The molecule has 5 nitrogen and oxygen atoms in total. The molecule has 0 spiro atoms. The van der Waals surface area contributed by atoms with E-state index < -0.39 is 0 Å². The van der Waals surface area contributed by atoms with Gasteiger partial charge in [0, 0.05) is 6.54 Å². The molecule has 0 aromatic carbocycles. The van der Waals surface area contributed by atoms with Crippen LogP contribution in [0, 0.1) is 11.5 Å². The minimum absolute atomic E-state index is 0.278. The van der Waals surface area contributed by atoms with Crippen LogP contribution in [0.2, 0.25) is 0 Å². The van der Waals surface area contributed by atoms with Gasteiger partial charge in [0.15, 0.2) is 5.17 Å². The number of likely N-dealkylation sites (tertiary alicyclic amines) is 1. The van der Waals surface area contributed by atoms with Crippen LogP contribution in [0.5, 0.6) is 0 Å². The van der Waals surface area contributed by atoms with Crippen molar-refractivity contribution in [2.75, 3.05) is 12.8 Å². The van der Waals surface area contributed by atoms with Crippen molar-refractivity contribution in [1.29, 1.82) is 5.26 Å². The van der Waals surface area contributed by atoms with E-state index >= 15 is 0 Å². The zero-order chi connectivity index (χ0) is 9.84. The summed E-state index contributed by atoms with van der Waals surface area (Å²) in [4.78, 5) is 16.2. The van der Waals surface area contributed by atoms with Crippen LogP contribution in [0.4, 0.5) is 0 Å². The average Bonchev–Trinajstić information content (AvgIpc) is 2.00. The van der Waals surface area contributed by atoms with E-state index in [9.17, 15) is 4.79 Å². The van der Waals surface area contributed by atoms with Crippen molar-refractivity contribution >= 4 is 22.8 Å². The van der Waals surface area contributed by atoms with E-state index in [1.54, 1.807) is 11.1 Å². The van der Waals surface area contributed by atoms with Gasteiger partial charge in [-0.05, 0) is 12.7 Å². The number of amidine groups is 1. The third-order valence-electron chi connectivity index (χ3n) is 1.92. The van der Waals surface area contributed by atoms with Gasteiger partial charge in [0.25, 0.3) is 0 Å². The molecule has 1 amide bonds. The Labute approximate surface area is 80.6 Å². The van der Waals surface area contributed by atoms with Crippen LogP contribution in [0.15, 0.2) is 4.99 Å². The Morgan fingerprint density at radius 2 is 2.54 bits per heavy atom. The first kappa shape index (κ1) is 9.86. The van der Waals surface area contributed by atoms with Crippen molar-refractivity contribution in [3.05, 3.63) is 0 Å². The zero-order valence-corrected chi connectivity index (χ0v) is 8.04. The summed E-state index contributed by atoms with van der Waals surface area (Å²) in [5.41, 5.74) is 5.15. The highest BCUT2D eigenvalue weighted by Gasteiger charge is 2.34. The standard InChI is InChI=1S/C7H10N4OS/c1-13-7(10-4-8)11-3-2-5(11)6(9)12/h5H,2-3H2,1H3,(H2,9,12). The summed E-state index contributed by atoms with van der Waals surface area (Å²) >= 11 is 1.35. The summed E-state index contributed by atoms with van der Waals surface area (Å²) in [6.07, 6.45) is 4.26. The monoisotopic (exact) mass is 198 g/mol. The molecule has 1 fully saturated rings. The number of aliphatic imine (C=N–C) groups is 1. The van der Waals surface area contributed by atoms with E-state index in [2.05, 4.69) is 4.99 Å². The van der Waals surface area contributed by atoms with Crippen molar-refractivity contribution in [3.8, 4) is 6.19 Å². The molecule has 1 aliphatic heterocycles. The topological polar surface area (TPSA) is 82.5 Å². The van der Waals surface area contributed by atoms with Gasteiger partial charge in [-0.2, -0.15) is 5.26 Å². The second-order valence-corrected chi connectivity index (χ2v) is 3.37. The second-order valence-electron chi connectivity index (χ2n) is 2.60. The second kappa shape index (κ2) is 4.14. The van der Waals surface area contributed by atoms with Crippen molar-refractivity contribution in [2.24, 2.45) is 10.7 Å². The van der Waals surface area contributed by atoms with Crippen molar-refractivity contribution in [1.82, 2.24) is 4.90 Å². The molecular formula is C7H10N4OS. The Kier molecular flexibility index (Phi) is 3.14. The lowest BCUT2D eigenvalue weighted by Gasteiger charge is -2.39. The molecule has 0 bridgehead atoms. The lowest BCUT2D eigenvalue weighted by Crippen LogP contribution is -2.56. The number of carbonyl (C=O) groups excluding carboxylic acids is 1. The van der Waals surface area contributed by atoms with Crippen LogP contribution in [-0.4, -0.2) is 34.8 Å². The fourth-order valence-electron chi connectivity index (χ4n) is 1.18. The number of nitrogens with two attached hydrogens (primary N) is 1. The molecule has 0 aromatic rings. The average molecular weight is 198 g/mol. The van der Waals surface area contributed by atoms with Gasteiger partial charge < -0.3 is 10.6 Å². The molecule has 1 saturated heterocycles. The maximum atomic E-state index is 10.9. The number of nitrogens with zero attached hydrogens (tertiary/aromatic N) is 3. The smallest absolute Gasteiger partial charge is 0.240 e. The predicted octanol–water partition coefficient (Wildman–Crippen LogP) is -0.254. The van der Waals surface area contributed by atoms with E-state index in [0.717, 1.165) is 13.0 Å². The maximum Gasteiger partial charge on any atom is 0.240 e. The summed E-state index contributed by atoms with van der Waals surface area (Å²) in [6, 6.07) is -0.278. The quantitative estimate of drug-likeness (QED) is 0.357. The Morgan fingerprint density at radius 3 is 2.85 bits per heavy atom. The van der Waals surface area contributed by atoms with Crippen LogP contribution >= 0.6 is 11.8 Å². The third kappa shape index (κ3) is 1.92. The molecule has 2 N–H and O–H groups in total. The molecule has 0 radical (unpaired) electrons. The van der Waals surface area contributed by atoms with Crippen LogP contribution < -0.4 is 5.73 Å². The summed E-state index contributed by atoms with van der Waals surface area (Å²) in [5, 5.41) is 8.93. The van der Waals surface area contributed by atoms with Gasteiger partial charge in [-0.3, -0.25) is 4.79 Å². The minimum atomic E-state index is -0.356. The third-order valence-corrected chi connectivity index (χ3v) is 2.61. The number of primary amides is 1. The number of hydrogen-bond acceptors (Lipinski definition) is 4.